The molecule has 0 unspecified atom stereocenters. The van der Waals surface area contributed by atoms with Crippen LogP contribution in [0.25, 0.3) is 6.08 Å². The minimum absolute atomic E-state index is 0.0525. The highest BCUT2D eigenvalue weighted by Gasteiger charge is 2.52. The molecule has 0 bridgehead atoms. The van der Waals surface area contributed by atoms with Gasteiger partial charge in [0, 0.05) is 6.54 Å². The quantitative estimate of drug-likeness (QED) is 0.481. The fourth-order valence-electron chi connectivity index (χ4n) is 3.16. The Kier molecular flexibility index (Phi) is 7.34. The normalized spacial score (nSPS) is 17.0. The van der Waals surface area contributed by atoms with E-state index in [1.54, 1.807) is 0 Å². The summed E-state index contributed by atoms with van der Waals surface area (Å²) in [6.45, 7) is 7.50. The molecule has 1 aliphatic heterocycles. The lowest BCUT2D eigenvalue weighted by Gasteiger charge is -2.32. The van der Waals surface area contributed by atoms with Gasteiger partial charge in [-0.15, -0.1) is 0 Å². The molecule has 6 nitrogen and oxygen atoms in total. The molecule has 3 rings (SSSR count). The molecule has 33 heavy (non-hydrogen) atoms. The first kappa shape index (κ1) is 24.6. The lowest BCUT2D eigenvalue weighted by atomic mass is 9.77. The molecule has 174 valence electrons. The summed E-state index contributed by atoms with van der Waals surface area (Å²) >= 11 is 0. The Morgan fingerprint density at radius 3 is 2.18 bits per heavy atom. The van der Waals surface area contributed by atoms with Crippen LogP contribution in [0.3, 0.4) is 0 Å². The molecule has 0 saturated carbocycles. The van der Waals surface area contributed by atoms with E-state index in [4.69, 9.17) is 14.0 Å². The standard InChI is InChI=1S/C24H26BF2NO5/c1-23(2)24(3,4)33-25(32-23)18(10-17-11-20(26)19(14-29)21(27)12-17)13-28-22(30)31-15-16-8-6-5-7-9-16/h5-12,14H,13,15H2,1-4H3,(H,28,30). The predicted molar refractivity (Wildman–Crippen MR) is 120 cm³/mol. The third kappa shape index (κ3) is 5.86. The van der Waals surface area contributed by atoms with Gasteiger partial charge in [0.1, 0.15) is 18.2 Å². The maximum atomic E-state index is 14.1. The number of rotatable bonds is 7. The van der Waals surface area contributed by atoms with E-state index in [0.29, 0.717) is 5.47 Å². The van der Waals surface area contributed by atoms with Gasteiger partial charge in [-0.1, -0.05) is 36.4 Å². The van der Waals surface area contributed by atoms with Gasteiger partial charge in [-0.05, 0) is 56.4 Å². The van der Waals surface area contributed by atoms with Crippen LogP contribution in [0.15, 0.2) is 47.9 Å². The molecule has 0 radical (unpaired) electrons. The number of carbonyl (C=O) groups is 2. The molecule has 1 heterocycles. The Morgan fingerprint density at radius 2 is 1.64 bits per heavy atom. The average molecular weight is 457 g/mol. The van der Waals surface area contributed by atoms with Gasteiger partial charge in [0.05, 0.1) is 16.8 Å². The van der Waals surface area contributed by atoms with E-state index in [2.05, 4.69) is 5.32 Å². The average Bonchev–Trinajstić information content (AvgIpc) is 2.97. The summed E-state index contributed by atoms with van der Waals surface area (Å²) in [6.07, 6.45) is 0.910. The number of aldehydes is 1. The van der Waals surface area contributed by atoms with Gasteiger partial charge < -0.3 is 19.4 Å². The first-order chi connectivity index (χ1) is 15.5. The number of ether oxygens (including phenoxy) is 1. The van der Waals surface area contributed by atoms with E-state index in [0.717, 1.165) is 17.7 Å². The second-order valence-corrected chi connectivity index (χ2v) is 8.74. The van der Waals surface area contributed by atoms with Gasteiger partial charge in [0.2, 0.25) is 0 Å². The number of hydrogen-bond donors (Lipinski definition) is 1. The highest BCUT2D eigenvalue weighted by Crippen LogP contribution is 2.38. The smallest absolute Gasteiger partial charge is 0.445 e. The molecule has 9 heteroatoms. The Morgan fingerprint density at radius 1 is 1.06 bits per heavy atom. The van der Waals surface area contributed by atoms with Crippen molar-refractivity contribution in [2.24, 2.45) is 0 Å². The van der Waals surface area contributed by atoms with Gasteiger partial charge in [0.15, 0.2) is 6.29 Å². The lowest BCUT2D eigenvalue weighted by Crippen LogP contribution is -2.41. The third-order valence-electron chi connectivity index (χ3n) is 5.78. The van der Waals surface area contributed by atoms with Crippen molar-refractivity contribution in [2.45, 2.75) is 45.5 Å². The first-order valence-electron chi connectivity index (χ1n) is 10.5. The van der Waals surface area contributed by atoms with Crippen LogP contribution in [0.2, 0.25) is 0 Å². The second-order valence-electron chi connectivity index (χ2n) is 8.74. The molecule has 0 atom stereocenters. The van der Waals surface area contributed by atoms with Crippen molar-refractivity contribution < 1.29 is 32.4 Å². The van der Waals surface area contributed by atoms with Gasteiger partial charge in [-0.25, -0.2) is 13.6 Å². The molecule has 2 aromatic carbocycles. The zero-order chi connectivity index (χ0) is 24.2. The van der Waals surface area contributed by atoms with Crippen LogP contribution >= 0.6 is 0 Å². The molecule has 1 aliphatic rings. The van der Waals surface area contributed by atoms with Crippen molar-refractivity contribution in [1.29, 1.82) is 0 Å². The molecule has 2 aromatic rings. The zero-order valence-electron chi connectivity index (χ0n) is 19.0. The summed E-state index contributed by atoms with van der Waals surface area (Å²) in [4.78, 5) is 23.1. The molecule has 0 spiro atoms. The zero-order valence-corrected chi connectivity index (χ0v) is 19.0. The molecule has 1 saturated heterocycles. The number of hydrogen-bond acceptors (Lipinski definition) is 5. The Balaban J connectivity index is 1.80. The number of amides is 1. The molecule has 1 fully saturated rings. The molecule has 1 N–H and O–H groups in total. The van der Waals surface area contributed by atoms with E-state index in [-0.39, 0.29) is 25.0 Å². The fourth-order valence-corrected chi connectivity index (χ4v) is 3.16. The molecule has 1 amide bonds. The van der Waals surface area contributed by atoms with E-state index < -0.39 is 41.6 Å². The summed E-state index contributed by atoms with van der Waals surface area (Å²) in [5, 5.41) is 2.62. The van der Waals surface area contributed by atoms with Crippen LogP contribution in [0.1, 0.15) is 49.2 Å². The minimum atomic E-state index is -0.986. The second kappa shape index (κ2) is 9.85. The van der Waals surface area contributed by atoms with Crippen molar-refractivity contribution in [3.05, 3.63) is 76.3 Å². The summed E-state index contributed by atoms with van der Waals surface area (Å²) in [5.74, 6) is -1.97. The number of benzene rings is 2. The van der Waals surface area contributed by atoms with Crippen LogP contribution in [0, 0.1) is 11.6 Å². The summed E-state index contributed by atoms with van der Waals surface area (Å²) < 4.78 is 45.5. The Bertz CT molecular complexity index is 1020. The Labute approximate surface area is 192 Å². The van der Waals surface area contributed by atoms with Crippen LogP contribution < -0.4 is 5.32 Å². The topological polar surface area (TPSA) is 73.9 Å². The van der Waals surface area contributed by atoms with E-state index in [9.17, 15) is 18.4 Å². The lowest BCUT2D eigenvalue weighted by molar-refractivity contribution is 0.00578. The van der Waals surface area contributed by atoms with E-state index in [1.165, 1.54) is 6.08 Å². The van der Waals surface area contributed by atoms with Crippen molar-refractivity contribution >= 4 is 25.6 Å². The fraction of sp³-hybridized carbons (Fsp3) is 0.333. The summed E-state index contributed by atoms with van der Waals surface area (Å²) in [6, 6.07) is 11.3. The van der Waals surface area contributed by atoms with Crippen LogP contribution in [0.4, 0.5) is 13.6 Å². The van der Waals surface area contributed by atoms with Gasteiger partial charge in [-0.2, -0.15) is 0 Å². The van der Waals surface area contributed by atoms with Crippen molar-refractivity contribution in [2.75, 3.05) is 6.54 Å². The number of halogens is 2. The number of alkyl carbamates (subject to hydrolysis) is 1. The van der Waals surface area contributed by atoms with Crippen LogP contribution in [-0.2, 0) is 20.7 Å². The highest BCUT2D eigenvalue weighted by molar-refractivity contribution is 6.56. The van der Waals surface area contributed by atoms with Crippen molar-refractivity contribution in [3.8, 4) is 0 Å². The van der Waals surface area contributed by atoms with Crippen molar-refractivity contribution in [1.82, 2.24) is 5.32 Å². The third-order valence-corrected chi connectivity index (χ3v) is 5.78. The summed E-state index contributed by atoms with van der Waals surface area (Å²) in [7, 11) is -0.874. The molecular formula is C24H26BF2NO5. The Hall–Kier alpha value is -3.04. The van der Waals surface area contributed by atoms with Gasteiger partial charge >= 0.3 is 13.2 Å². The maximum absolute atomic E-state index is 14.1. The van der Waals surface area contributed by atoms with Crippen molar-refractivity contribution in [3.63, 3.8) is 0 Å². The number of carbonyl (C=O) groups excluding carboxylic acids is 2. The van der Waals surface area contributed by atoms with Crippen LogP contribution in [0.5, 0.6) is 0 Å². The summed E-state index contributed by atoms with van der Waals surface area (Å²) in [5.41, 5.74) is -0.574. The van der Waals surface area contributed by atoms with E-state index >= 15 is 0 Å². The molecular weight excluding hydrogens is 431 g/mol. The monoisotopic (exact) mass is 457 g/mol. The predicted octanol–water partition coefficient (Wildman–Crippen LogP) is 4.72. The minimum Gasteiger partial charge on any atom is -0.445 e. The van der Waals surface area contributed by atoms with Gasteiger partial charge in [0.25, 0.3) is 0 Å². The largest absolute Gasteiger partial charge is 0.492 e. The highest BCUT2D eigenvalue weighted by atomic mass is 19.1. The van der Waals surface area contributed by atoms with E-state index in [1.807, 2.05) is 58.0 Å². The molecule has 0 aliphatic carbocycles. The molecule has 0 aromatic heterocycles. The first-order valence-corrected chi connectivity index (χ1v) is 10.5. The van der Waals surface area contributed by atoms with Gasteiger partial charge in [-0.3, -0.25) is 4.79 Å². The SMILES string of the molecule is CC1(C)OB(C(=Cc2cc(F)c(C=O)c(F)c2)CNC(=O)OCc2ccccc2)OC1(C)C. The number of nitrogens with one attached hydrogen (secondary N) is 1. The van der Waals surface area contributed by atoms with Crippen LogP contribution in [-0.4, -0.2) is 37.2 Å². The maximum Gasteiger partial charge on any atom is 0.492 e.